The van der Waals surface area contributed by atoms with Crippen LogP contribution < -0.4 is 10.1 Å². The first-order chi connectivity index (χ1) is 18.3. The number of hydrogen-bond donors (Lipinski definition) is 1. The van der Waals surface area contributed by atoms with Gasteiger partial charge in [0.05, 0.1) is 12.8 Å². The molecule has 0 unspecified atom stereocenters. The van der Waals surface area contributed by atoms with Crippen LogP contribution in [0.2, 0.25) is 0 Å². The van der Waals surface area contributed by atoms with E-state index in [1.165, 1.54) is 5.56 Å². The topological polar surface area (TPSA) is 76.5 Å². The average molecular weight is 511 g/mol. The SMILES string of the molecule is COc1ccc(-c2cn(-c3ccc(C(C)C)cc3)c(NC(=O)CN(C(=O)c3ccccc3)C(C)C)n2)cc1. The van der Waals surface area contributed by atoms with E-state index in [1.807, 2.05) is 79.2 Å². The summed E-state index contributed by atoms with van der Waals surface area (Å²) in [5.41, 5.74) is 4.24. The van der Waals surface area contributed by atoms with Crippen molar-refractivity contribution in [1.82, 2.24) is 14.5 Å². The number of nitrogens with one attached hydrogen (secondary N) is 1. The van der Waals surface area contributed by atoms with E-state index < -0.39 is 0 Å². The van der Waals surface area contributed by atoms with Crippen molar-refractivity contribution in [2.24, 2.45) is 0 Å². The zero-order valence-corrected chi connectivity index (χ0v) is 22.5. The number of methoxy groups -OCH3 is 1. The Kier molecular flexibility index (Phi) is 8.26. The molecular formula is C31H34N4O3. The quantitative estimate of drug-likeness (QED) is 0.293. The lowest BCUT2D eigenvalue weighted by Crippen LogP contribution is -2.42. The molecule has 1 N–H and O–H groups in total. The number of rotatable bonds is 9. The van der Waals surface area contributed by atoms with Gasteiger partial charge in [-0.1, -0.05) is 44.2 Å². The zero-order valence-electron chi connectivity index (χ0n) is 22.5. The van der Waals surface area contributed by atoms with Crippen molar-refractivity contribution in [1.29, 1.82) is 0 Å². The van der Waals surface area contributed by atoms with Crippen molar-refractivity contribution in [2.45, 2.75) is 39.7 Å². The fraction of sp³-hybridized carbons (Fsp3) is 0.258. The number of nitrogens with zero attached hydrogens (tertiary/aromatic N) is 3. The van der Waals surface area contributed by atoms with Gasteiger partial charge in [0.1, 0.15) is 12.3 Å². The van der Waals surface area contributed by atoms with Gasteiger partial charge in [-0.3, -0.25) is 19.5 Å². The van der Waals surface area contributed by atoms with Gasteiger partial charge in [0.25, 0.3) is 5.91 Å². The van der Waals surface area contributed by atoms with E-state index in [2.05, 4.69) is 31.3 Å². The summed E-state index contributed by atoms with van der Waals surface area (Å²) < 4.78 is 7.14. The van der Waals surface area contributed by atoms with Crippen LogP contribution in [0.3, 0.4) is 0 Å². The van der Waals surface area contributed by atoms with E-state index in [1.54, 1.807) is 24.1 Å². The normalized spacial score (nSPS) is 11.0. The smallest absolute Gasteiger partial charge is 0.254 e. The van der Waals surface area contributed by atoms with E-state index in [4.69, 9.17) is 9.72 Å². The van der Waals surface area contributed by atoms with Gasteiger partial charge in [0, 0.05) is 29.1 Å². The predicted octanol–water partition coefficient (Wildman–Crippen LogP) is 6.16. The molecule has 4 rings (SSSR count). The minimum Gasteiger partial charge on any atom is -0.497 e. The second kappa shape index (κ2) is 11.8. The molecule has 0 spiro atoms. The number of benzene rings is 3. The third-order valence-corrected chi connectivity index (χ3v) is 6.40. The number of aromatic nitrogens is 2. The van der Waals surface area contributed by atoms with Gasteiger partial charge in [0.2, 0.25) is 11.9 Å². The minimum absolute atomic E-state index is 0.0948. The number of carbonyl (C=O) groups is 2. The number of amides is 2. The molecule has 1 aromatic heterocycles. The van der Waals surface area contributed by atoms with Crippen molar-refractivity contribution in [3.63, 3.8) is 0 Å². The molecule has 0 bridgehead atoms. The molecule has 0 fully saturated rings. The van der Waals surface area contributed by atoms with Crippen LogP contribution in [0.5, 0.6) is 5.75 Å². The summed E-state index contributed by atoms with van der Waals surface area (Å²) in [6, 6.07) is 24.6. The van der Waals surface area contributed by atoms with E-state index >= 15 is 0 Å². The lowest BCUT2D eigenvalue weighted by molar-refractivity contribution is -0.117. The van der Waals surface area contributed by atoms with E-state index in [0.29, 0.717) is 23.1 Å². The maximum atomic E-state index is 13.2. The van der Waals surface area contributed by atoms with Crippen molar-refractivity contribution in [3.8, 4) is 22.7 Å². The van der Waals surface area contributed by atoms with Crippen LogP contribution in [0.25, 0.3) is 16.9 Å². The van der Waals surface area contributed by atoms with Gasteiger partial charge in [-0.2, -0.15) is 0 Å². The van der Waals surface area contributed by atoms with E-state index in [9.17, 15) is 9.59 Å². The summed E-state index contributed by atoms with van der Waals surface area (Å²) in [4.78, 5) is 32.7. The Morgan fingerprint density at radius 3 is 2.16 bits per heavy atom. The highest BCUT2D eigenvalue weighted by atomic mass is 16.5. The van der Waals surface area contributed by atoms with Crippen LogP contribution in [0.1, 0.15) is 49.5 Å². The molecule has 0 aliphatic heterocycles. The predicted molar refractivity (Wildman–Crippen MR) is 151 cm³/mol. The number of hydrogen-bond acceptors (Lipinski definition) is 4. The number of ether oxygens (including phenoxy) is 1. The molecule has 2 amide bonds. The standard InChI is InChI=1S/C31H34N4O3/c1-21(2)23-11-15-26(16-12-23)35-19-28(24-13-17-27(38-5)18-14-24)32-31(35)33-29(36)20-34(22(3)4)30(37)25-9-7-6-8-10-25/h6-19,21-22H,20H2,1-5H3,(H,32,33,36). The summed E-state index contributed by atoms with van der Waals surface area (Å²) >= 11 is 0. The van der Waals surface area contributed by atoms with Gasteiger partial charge in [-0.15, -0.1) is 0 Å². The fourth-order valence-corrected chi connectivity index (χ4v) is 4.14. The summed E-state index contributed by atoms with van der Waals surface area (Å²) in [6.45, 7) is 8.00. The highest BCUT2D eigenvalue weighted by Crippen LogP contribution is 2.27. The Hall–Kier alpha value is -4.39. The van der Waals surface area contributed by atoms with E-state index in [0.717, 1.165) is 17.0 Å². The Bertz CT molecular complexity index is 1380. The Morgan fingerprint density at radius 2 is 1.58 bits per heavy atom. The Morgan fingerprint density at radius 1 is 0.921 bits per heavy atom. The summed E-state index contributed by atoms with van der Waals surface area (Å²) in [5.74, 6) is 1.03. The maximum absolute atomic E-state index is 13.2. The van der Waals surface area contributed by atoms with Crippen LogP contribution in [-0.2, 0) is 4.79 Å². The number of carbonyl (C=O) groups excluding carboxylic acids is 2. The van der Waals surface area contributed by atoms with Crippen LogP contribution in [0.4, 0.5) is 5.95 Å². The fourth-order valence-electron chi connectivity index (χ4n) is 4.14. The van der Waals surface area contributed by atoms with Crippen molar-refractivity contribution >= 4 is 17.8 Å². The van der Waals surface area contributed by atoms with Gasteiger partial charge < -0.3 is 9.64 Å². The zero-order chi connectivity index (χ0) is 27.2. The third kappa shape index (κ3) is 6.11. The second-order valence-corrected chi connectivity index (χ2v) is 9.74. The van der Waals surface area contributed by atoms with Crippen molar-refractivity contribution < 1.29 is 14.3 Å². The molecule has 38 heavy (non-hydrogen) atoms. The van der Waals surface area contributed by atoms with Crippen molar-refractivity contribution in [3.05, 3.63) is 96.2 Å². The van der Waals surface area contributed by atoms with Crippen LogP contribution >= 0.6 is 0 Å². The first-order valence-corrected chi connectivity index (χ1v) is 12.8. The van der Waals surface area contributed by atoms with Crippen molar-refractivity contribution in [2.75, 3.05) is 19.0 Å². The van der Waals surface area contributed by atoms with Gasteiger partial charge in [0.15, 0.2) is 0 Å². The molecule has 0 aliphatic carbocycles. The lowest BCUT2D eigenvalue weighted by atomic mass is 10.0. The van der Waals surface area contributed by atoms with Gasteiger partial charge >= 0.3 is 0 Å². The first kappa shape index (κ1) is 26.7. The molecule has 1 heterocycles. The summed E-state index contributed by atoms with van der Waals surface area (Å²) in [5, 5.41) is 2.95. The highest BCUT2D eigenvalue weighted by Gasteiger charge is 2.23. The largest absolute Gasteiger partial charge is 0.497 e. The summed E-state index contributed by atoms with van der Waals surface area (Å²) in [7, 11) is 1.63. The van der Waals surface area contributed by atoms with Gasteiger partial charge in [-0.05, 0) is 73.9 Å². The number of anilines is 1. The molecular weight excluding hydrogens is 476 g/mol. The van der Waals surface area contributed by atoms with E-state index in [-0.39, 0.29) is 24.4 Å². The lowest BCUT2D eigenvalue weighted by Gasteiger charge is -2.26. The molecule has 0 aliphatic rings. The first-order valence-electron chi connectivity index (χ1n) is 12.8. The molecule has 196 valence electrons. The van der Waals surface area contributed by atoms with Crippen LogP contribution in [0, 0.1) is 0 Å². The highest BCUT2D eigenvalue weighted by molar-refractivity contribution is 5.99. The molecule has 7 nitrogen and oxygen atoms in total. The molecule has 3 aromatic carbocycles. The Labute approximate surface area is 224 Å². The molecule has 0 atom stereocenters. The van der Waals surface area contributed by atoms with Crippen LogP contribution in [0.15, 0.2) is 85.1 Å². The maximum Gasteiger partial charge on any atom is 0.254 e. The average Bonchev–Trinajstić information content (AvgIpc) is 3.35. The molecule has 4 aromatic rings. The monoisotopic (exact) mass is 510 g/mol. The minimum atomic E-state index is -0.324. The second-order valence-electron chi connectivity index (χ2n) is 9.74. The molecule has 0 radical (unpaired) electrons. The van der Waals surface area contributed by atoms with Crippen LogP contribution in [-0.4, -0.2) is 46.0 Å². The molecule has 0 saturated carbocycles. The van der Waals surface area contributed by atoms with Gasteiger partial charge in [-0.25, -0.2) is 4.98 Å². The summed E-state index contributed by atoms with van der Waals surface area (Å²) in [6.07, 6.45) is 1.90. The molecule has 7 heteroatoms. The third-order valence-electron chi connectivity index (χ3n) is 6.40. The number of imidazole rings is 1. The Balaban J connectivity index is 1.63. The molecule has 0 saturated heterocycles.